The van der Waals surface area contributed by atoms with Gasteiger partial charge in [0.15, 0.2) is 0 Å². The van der Waals surface area contributed by atoms with Gasteiger partial charge in [0.25, 0.3) is 5.91 Å². The van der Waals surface area contributed by atoms with Gasteiger partial charge < -0.3 is 20.3 Å². The summed E-state index contributed by atoms with van der Waals surface area (Å²) < 4.78 is 4.86. The number of carbonyl (C=O) groups is 3. The van der Waals surface area contributed by atoms with Crippen LogP contribution in [-0.4, -0.2) is 36.5 Å². The van der Waals surface area contributed by atoms with Crippen molar-refractivity contribution in [2.45, 2.75) is 26.4 Å². The van der Waals surface area contributed by atoms with Crippen LogP contribution in [0.4, 0.5) is 10.5 Å². The van der Waals surface area contributed by atoms with Crippen LogP contribution in [0, 0.1) is 5.92 Å². The lowest BCUT2D eigenvalue weighted by atomic mass is 10.0. The third-order valence-corrected chi connectivity index (χ3v) is 6.22. The summed E-state index contributed by atoms with van der Waals surface area (Å²) >= 11 is 0. The van der Waals surface area contributed by atoms with Crippen LogP contribution < -0.4 is 10.6 Å². The average Bonchev–Trinajstić information content (AvgIpc) is 3.20. The maximum Gasteiger partial charge on any atom is 0.319 e. The van der Waals surface area contributed by atoms with Crippen molar-refractivity contribution in [3.8, 4) is 11.1 Å². The Balaban J connectivity index is 1.38. The van der Waals surface area contributed by atoms with E-state index in [1.165, 1.54) is 7.11 Å². The van der Waals surface area contributed by atoms with Gasteiger partial charge in [-0.2, -0.15) is 0 Å². The van der Waals surface area contributed by atoms with Crippen molar-refractivity contribution in [3.63, 3.8) is 0 Å². The number of anilines is 1. The van der Waals surface area contributed by atoms with E-state index in [2.05, 4.69) is 10.6 Å². The van der Waals surface area contributed by atoms with Crippen LogP contribution in [0.3, 0.4) is 0 Å². The van der Waals surface area contributed by atoms with Crippen LogP contribution in [-0.2, 0) is 22.6 Å². The van der Waals surface area contributed by atoms with Gasteiger partial charge in [-0.25, -0.2) is 4.79 Å². The number of rotatable bonds is 8. The topological polar surface area (TPSA) is 87.7 Å². The van der Waals surface area contributed by atoms with Crippen LogP contribution in [0.25, 0.3) is 11.1 Å². The second-order valence-corrected chi connectivity index (χ2v) is 8.56. The third kappa shape index (κ3) is 5.69. The van der Waals surface area contributed by atoms with Crippen molar-refractivity contribution >= 4 is 23.6 Å². The summed E-state index contributed by atoms with van der Waals surface area (Å²) in [5.74, 6) is -0.683. The van der Waals surface area contributed by atoms with Gasteiger partial charge >= 0.3 is 12.0 Å². The molecule has 4 rings (SSSR count). The van der Waals surface area contributed by atoms with Crippen molar-refractivity contribution in [1.82, 2.24) is 10.2 Å². The molecule has 0 aromatic heterocycles. The van der Waals surface area contributed by atoms with Crippen LogP contribution in [0.1, 0.15) is 34.8 Å². The summed E-state index contributed by atoms with van der Waals surface area (Å²) in [4.78, 5) is 38.7. The molecule has 0 spiro atoms. The fourth-order valence-corrected chi connectivity index (χ4v) is 4.21. The van der Waals surface area contributed by atoms with Gasteiger partial charge in [-0.05, 0) is 52.9 Å². The molecule has 3 aromatic carbocycles. The molecule has 1 atom stereocenters. The molecule has 3 aromatic rings. The molecular weight excluding hydrogens is 442 g/mol. The Hall–Kier alpha value is -4.13. The Morgan fingerprint density at radius 2 is 1.71 bits per heavy atom. The Kier molecular flexibility index (Phi) is 7.45. The molecule has 0 aliphatic carbocycles. The Morgan fingerprint density at radius 1 is 1.00 bits per heavy atom. The number of nitrogens with one attached hydrogen (secondary N) is 2. The lowest BCUT2D eigenvalue weighted by molar-refractivity contribution is -0.146. The number of benzene rings is 3. The quantitative estimate of drug-likeness (QED) is 0.461. The van der Waals surface area contributed by atoms with Crippen molar-refractivity contribution in [1.29, 1.82) is 0 Å². The van der Waals surface area contributed by atoms with E-state index in [-0.39, 0.29) is 23.8 Å². The summed E-state index contributed by atoms with van der Waals surface area (Å²) in [7, 11) is 1.37. The molecule has 0 saturated carbocycles. The zero-order valence-electron chi connectivity index (χ0n) is 19.9. The molecule has 35 heavy (non-hydrogen) atoms. The molecule has 2 N–H and O–H groups in total. The highest BCUT2D eigenvalue weighted by Crippen LogP contribution is 2.30. The number of carbonyl (C=O) groups excluding carboxylic acids is 3. The second kappa shape index (κ2) is 10.9. The zero-order valence-corrected chi connectivity index (χ0v) is 19.9. The molecular formula is C28H29N3O4. The highest BCUT2D eigenvalue weighted by atomic mass is 16.5. The van der Waals surface area contributed by atoms with Crippen molar-refractivity contribution < 1.29 is 19.1 Å². The number of hydrogen-bond acceptors (Lipinski definition) is 4. The standard InChI is InChI=1S/C28H29N3O4/c1-3-20(27(33)35-2)17-31-18-23-15-22(11-14-25(23)26(31)32)21-9-12-24(13-10-21)30-28(34)29-16-19-7-5-4-6-8-19/h4-15,20H,3,16-18H2,1-2H3,(H2,29,30,34)/t20-/m0/s1. The summed E-state index contributed by atoms with van der Waals surface area (Å²) in [6, 6.07) is 22.8. The number of fused-ring (bicyclic) bond motifs is 1. The number of nitrogens with zero attached hydrogens (tertiary/aromatic N) is 1. The van der Waals surface area contributed by atoms with Crippen molar-refractivity contribution in [2.24, 2.45) is 5.92 Å². The number of hydrogen-bond donors (Lipinski definition) is 2. The van der Waals surface area contributed by atoms with E-state index >= 15 is 0 Å². The summed E-state index contributed by atoms with van der Waals surface area (Å²) in [5.41, 5.74) is 5.29. The maximum atomic E-state index is 12.8. The Labute approximate surface area is 205 Å². The SMILES string of the molecule is CC[C@@H](CN1Cc2cc(-c3ccc(NC(=O)NCc4ccccc4)cc3)ccc2C1=O)C(=O)OC. The molecule has 7 nitrogen and oxygen atoms in total. The molecule has 180 valence electrons. The van der Waals surface area contributed by atoms with E-state index in [1.54, 1.807) is 4.90 Å². The molecule has 0 radical (unpaired) electrons. The molecule has 1 heterocycles. The average molecular weight is 472 g/mol. The first kappa shape index (κ1) is 24.0. The first-order valence-electron chi connectivity index (χ1n) is 11.7. The predicted octanol–water partition coefficient (Wildman–Crippen LogP) is 4.83. The number of amides is 3. The number of ether oxygens (including phenoxy) is 1. The van der Waals surface area contributed by atoms with E-state index in [0.717, 1.165) is 22.3 Å². The molecule has 7 heteroatoms. The fraction of sp³-hybridized carbons (Fsp3) is 0.250. The van der Waals surface area contributed by atoms with Gasteiger partial charge in [0.05, 0.1) is 13.0 Å². The van der Waals surface area contributed by atoms with Crippen LogP contribution in [0.5, 0.6) is 0 Å². The lowest BCUT2D eigenvalue weighted by Crippen LogP contribution is -2.33. The van der Waals surface area contributed by atoms with E-state index in [4.69, 9.17) is 4.74 Å². The molecule has 0 saturated heterocycles. The molecule has 1 aliphatic rings. The van der Waals surface area contributed by atoms with Gasteiger partial charge in [0, 0.05) is 30.9 Å². The summed E-state index contributed by atoms with van der Waals surface area (Å²) in [5, 5.41) is 5.69. The highest BCUT2D eigenvalue weighted by Gasteiger charge is 2.31. The maximum absolute atomic E-state index is 12.8. The molecule has 3 amide bonds. The number of urea groups is 1. The Bertz CT molecular complexity index is 1210. The van der Waals surface area contributed by atoms with Gasteiger partial charge in [-0.15, -0.1) is 0 Å². The Morgan fingerprint density at radius 3 is 2.40 bits per heavy atom. The third-order valence-electron chi connectivity index (χ3n) is 6.22. The first-order valence-corrected chi connectivity index (χ1v) is 11.7. The largest absolute Gasteiger partial charge is 0.469 e. The lowest BCUT2D eigenvalue weighted by Gasteiger charge is -2.20. The molecule has 0 unspecified atom stereocenters. The van der Waals surface area contributed by atoms with Gasteiger partial charge in [-0.3, -0.25) is 9.59 Å². The molecule has 0 fully saturated rings. The van der Waals surface area contributed by atoms with Gasteiger partial charge in [-0.1, -0.05) is 55.5 Å². The monoisotopic (exact) mass is 471 g/mol. The molecule has 0 bridgehead atoms. The van der Waals surface area contributed by atoms with Crippen LogP contribution in [0.2, 0.25) is 0 Å². The zero-order chi connectivity index (χ0) is 24.8. The minimum absolute atomic E-state index is 0.0602. The van der Waals surface area contributed by atoms with Gasteiger partial charge in [0.2, 0.25) is 0 Å². The smallest absolute Gasteiger partial charge is 0.319 e. The van der Waals surface area contributed by atoms with E-state index in [0.29, 0.717) is 37.3 Å². The minimum atomic E-state index is -0.331. The van der Waals surface area contributed by atoms with E-state index in [1.807, 2.05) is 79.7 Å². The summed E-state index contributed by atoms with van der Waals surface area (Å²) in [6.07, 6.45) is 0.614. The predicted molar refractivity (Wildman–Crippen MR) is 135 cm³/mol. The van der Waals surface area contributed by atoms with Crippen molar-refractivity contribution in [3.05, 3.63) is 89.5 Å². The van der Waals surface area contributed by atoms with E-state index in [9.17, 15) is 14.4 Å². The fourth-order valence-electron chi connectivity index (χ4n) is 4.21. The minimum Gasteiger partial charge on any atom is -0.469 e. The van der Waals surface area contributed by atoms with Crippen LogP contribution in [0.15, 0.2) is 72.8 Å². The number of methoxy groups -OCH3 is 1. The normalized spacial score (nSPS) is 13.2. The molecule has 1 aliphatic heterocycles. The second-order valence-electron chi connectivity index (χ2n) is 8.56. The first-order chi connectivity index (χ1) is 17.0. The highest BCUT2D eigenvalue weighted by molar-refractivity contribution is 5.99. The van der Waals surface area contributed by atoms with Crippen molar-refractivity contribution in [2.75, 3.05) is 19.0 Å². The van der Waals surface area contributed by atoms with Crippen LogP contribution >= 0.6 is 0 Å². The summed E-state index contributed by atoms with van der Waals surface area (Å²) in [6.45, 7) is 3.18. The number of esters is 1. The van der Waals surface area contributed by atoms with E-state index < -0.39 is 0 Å². The van der Waals surface area contributed by atoms with Gasteiger partial charge in [0.1, 0.15) is 0 Å².